The van der Waals surface area contributed by atoms with Crippen LogP contribution >= 0.6 is 0 Å². The van der Waals surface area contributed by atoms with Crippen molar-refractivity contribution in [3.8, 4) is 0 Å². The molecule has 3 heteroatoms. The van der Waals surface area contributed by atoms with Gasteiger partial charge in [0.1, 0.15) is 5.82 Å². The molecule has 0 saturated heterocycles. The second-order valence-electron chi connectivity index (χ2n) is 3.80. The molecule has 11 heavy (non-hydrogen) atoms. The molecule has 0 radical (unpaired) electrons. The van der Waals surface area contributed by atoms with Gasteiger partial charge in [-0.2, -0.15) is 0 Å². The molecule has 0 bridgehead atoms. The highest BCUT2D eigenvalue weighted by atomic mass is 15.0. The third-order valence-corrected chi connectivity index (χ3v) is 2.72. The summed E-state index contributed by atoms with van der Waals surface area (Å²) in [5, 5.41) is 0. The molecule has 0 aromatic carbocycles. The Kier molecular flexibility index (Phi) is 1.16. The third-order valence-electron chi connectivity index (χ3n) is 2.72. The normalized spacial score (nSPS) is 33.7. The SMILES string of the molecule is CC1(C)[C@@H](N)[C@@H]1c1ncc[nH]1. The van der Waals surface area contributed by atoms with Gasteiger partial charge in [0.2, 0.25) is 0 Å². The van der Waals surface area contributed by atoms with E-state index in [0.29, 0.717) is 5.92 Å². The minimum atomic E-state index is 0.234. The molecule has 2 rings (SSSR count). The van der Waals surface area contributed by atoms with Crippen molar-refractivity contribution in [1.29, 1.82) is 0 Å². The molecule has 0 spiro atoms. The first kappa shape index (κ1) is 6.85. The van der Waals surface area contributed by atoms with Crippen LogP contribution in [0.3, 0.4) is 0 Å². The van der Waals surface area contributed by atoms with Gasteiger partial charge >= 0.3 is 0 Å². The van der Waals surface area contributed by atoms with E-state index < -0.39 is 0 Å². The van der Waals surface area contributed by atoms with Crippen molar-refractivity contribution in [3.63, 3.8) is 0 Å². The number of aromatic amines is 1. The van der Waals surface area contributed by atoms with Gasteiger partial charge in [-0.25, -0.2) is 4.98 Å². The van der Waals surface area contributed by atoms with E-state index in [4.69, 9.17) is 5.73 Å². The molecule has 3 N–H and O–H groups in total. The van der Waals surface area contributed by atoms with E-state index in [0.717, 1.165) is 5.82 Å². The Labute approximate surface area is 66.0 Å². The van der Waals surface area contributed by atoms with E-state index in [1.807, 2.05) is 6.20 Å². The predicted octanol–water partition coefficient (Wildman–Crippen LogP) is 0.860. The van der Waals surface area contributed by atoms with Crippen LogP contribution in [0.5, 0.6) is 0 Å². The second-order valence-corrected chi connectivity index (χ2v) is 3.80. The summed E-state index contributed by atoms with van der Waals surface area (Å²) in [7, 11) is 0. The average Bonchev–Trinajstić information content (AvgIpc) is 2.40. The van der Waals surface area contributed by atoms with E-state index in [1.54, 1.807) is 6.20 Å². The van der Waals surface area contributed by atoms with Crippen LogP contribution in [0.1, 0.15) is 25.6 Å². The van der Waals surface area contributed by atoms with Crippen LogP contribution in [-0.4, -0.2) is 16.0 Å². The number of hydrogen-bond donors (Lipinski definition) is 2. The van der Waals surface area contributed by atoms with E-state index in [9.17, 15) is 0 Å². The first-order valence-corrected chi connectivity index (χ1v) is 3.89. The van der Waals surface area contributed by atoms with Gasteiger partial charge < -0.3 is 10.7 Å². The Morgan fingerprint density at radius 3 is 2.64 bits per heavy atom. The molecule has 1 fully saturated rings. The van der Waals surface area contributed by atoms with Gasteiger partial charge in [0.05, 0.1) is 0 Å². The van der Waals surface area contributed by atoms with Crippen LogP contribution in [0.4, 0.5) is 0 Å². The predicted molar refractivity (Wildman–Crippen MR) is 43.1 cm³/mol. The minimum absolute atomic E-state index is 0.234. The van der Waals surface area contributed by atoms with Crippen molar-refractivity contribution < 1.29 is 0 Å². The van der Waals surface area contributed by atoms with Crippen molar-refractivity contribution in [3.05, 3.63) is 18.2 Å². The van der Waals surface area contributed by atoms with E-state index in [-0.39, 0.29) is 11.5 Å². The summed E-state index contributed by atoms with van der Waals surface area (Å²) >= 11 is 0. The standard InChI is InChI=1S/C8H13N3/c1-8(2)5(6(8)9)7-10-3-4-11-7/h3-6H,9H2,1-2H3,(H,10,11)/t5-,6+/m1/s1. The molecule has 1 aromatic heterocycles. The maximum absolute atomic E-state index is 5.88. The zero-order chi connectivity index (χ0) is 8.06. The summed E-state index contributed by atoms with van der Waals surface area (Å²) in [5.74, 6) is 1.46. The number of rotatable bonds is 1. The Balaban J connectivity index is 2.23. The van der Waals surface area contributed by atoms with Crippen molar-refractivity contribution >= 4 is 0 Å². The van der Waals surface area contributed by atoms with Crippen molar-refractivity contribution in [2.45, 2.75) is 25.8 Å². The van der Waals surface area contributed by atoms with Crippen molar-refractivity contribution in [2.75, 3.05) is 0 Å². The lowest BCUT2D eigenvalue weighted by molar-refractivity contribution is 0.592. The highest BCUT2D eigenvalue weighted by molar-refractivity contribution is 5.24. The lowest BCUT2D eigenvalue weighted by Crippen LogP contribution is -2.06. The maximum atomic E-state index is 5.88. The van der Waals surface area contributed by atoms with Crippen molar-refractivity contribution in [1.82, 2.24) is 9.97 Å². The van der Waals surface area contributed by atoms with Crippen LogP contribution in [0.2, 0.25) is 0 Å². The quantitative estimate of drug-likeness (QED) is 0.625. The highest BCUT2D eigenvalue weighted by Crippen LogP contribution is 2.56. The van der Waals surface area contributed by atoms with Crippen LogP contribution < -0.4 is 5.73 Å². The van der Waals surface area contributed by atoms with Gasteiger partial charge in [0, 0.05) is 24.4 Å². The van der Waals surface area contributed by atoms with Crippen molar-refractivity contribution in [2.24, 2.45) is 11.1 Å². The lowest BCUT2D eigenvalue weighted by atomic mass is 10.1. The molecule has 1 saturated carbocycles. The van der Waals surface area contributed by atoms with Gasteiger partial charge in [0.25, 0.3) is 0 Å². The number of hydrogen-bond acceptors (Lipinski definition) is 2. The molecule has 1 aliphatic rings. The summed E-state index contributed by atoms with van der Waals surface area (Å²) < 4.78 is 0. The fourth-order valence-electron chi connectivity index (χ4n) is 1.65. The van der Waals surface area contributed by atoms with Crippen LogP contribution in [0.15, 0.2) is 12.4 Å². The van der Waals surface area contributed by atoms with Gasteiger partial charge in [-0.3, -0.25) is 0 Å². The molecule has 60 valence electrons. The first-order chi connectivity index (χ1) is 5.14. The zero-order valence-corrected chi connectivity index (χ0v) is 6.83. The van der Waals surface area contributed by atoms with E-state index in [2.05, 4.69) is 23.8 Å². The smallest absolute Gasteiger partial charge is 0.111 e. The molecule has 0 amide bonds. The Morgan fingerprint density at radius 1 is 1.64 bits per heavy atom. The fraction of sp³-hybridized carbons (Fsp3) is 0.625. The summed E-state index contributed by atoms with van der Waals surface area (Å²) in [6.07, 6.45) is 3.62. The number of nitrogens with zero attached hydrogens (tertiary/aromatic N) is 1. The van der Waals surface area contributed by atoms with Crippen LogP contribution in [-0.2, 0) is 0 Å². The molecular formula is C8H13N3. The number of imidazole rings is 1. The van der Waals surface area contributed by atoms with Crippen LogP contribution in [0, 0.1) is 5.41 Å². The summed E-state index contributed by atoms with van der Waals surface area (Å²) in [6, 6.07) is 0.272. The minimum Gasteiger partial charge on any atom is -0.348 e. The van der Waals surface area contributed by atoms with Gasteiger partial charge in [-0.05, 0) is 5.41 Å². The molecule has 0 unspecified atom stereocenters. The molecule has 1 aliphatic carbocycles. The summed E-state index contributed by atoms with van der Waals surface area (Å²) in [6.45, 7) is 4.34. The fourth-order valence-corrected chi connectivity index (χ4v) is 1.65. The molecule has 3 nitrogen and oxygen atoms in total. The maximum Gasteiger partial charge on any atom is 0.111 e. The average molecular weight is 151 g/mol. The largest absolute Gasteiger partial charge is 0.348 e. The Bertz CT molecular complexity index is 250. The first-order valence-electron chi connectivity index (χ1n) is 3.89. The Morgan fingerprint density at radius 2 is 2.27 bits per heavy atom. The highest BCUT2D eigenvalue weighted by Gasteiger charge is 2.57. The molecule has 2 atom stereocenters. The molecule has 1 heterocycles. The Hall–Kier alpha value is -0.830. The molecular weight excluding hydrogens is 138 g/mol. The van der Waals surface area contributed by atoms with Crippen LogP contribution in [0.25, 0.3) is 0 Å². The van der Waals surface area contributed by atoms with Gasteiger partial charge in [0.15, 0.2) is 0 Å². The topological polar surface area (TPSA) is 54.7 Å². The number of nitrogens with two attached hydrogens (primary N) is 1. The second kappa shape index (κ2) is 1.85. The summed E-state index contributed by atoms with van der Waals surface area (Å²) in [4.78, 5) is 7.28. The third kappa shape index (κ3) is 0.807. The molecule has 0 aliphatic heterocycles. The molecule has 1 aromatic rings. The monoisotopic (exact) mass is 151 g/mol. The van der Waals surface area contributed by atoms with Gasteiger partial charge in [-0.15, -0.1) is 0 Å². The lowest BCUT2D eigenvalue weighted by Gasteiger charge is -1.97. The van der Waals surface area contributed by atoms with E-state index in [1.165, 1.54) is 0 Å². The zero-order valence-electron chi connectivity index (χ0n) is 6.83. The summed E-state index contributed by atoms with van der Waals surface area (Å²) in [5.41, 5.74) is 6.11. The number of aromatic nitrogens is 2. The van der Waals surface area contributed by atoms with E-state index >= 15 is 0 Å². The number of nitrogens with one attached hydrogen (secondary N) is 1. The van der Waals surface area contributed by atoms with Gasteiger partial charge in [-0.1, -0.05) is 13.8 Å². The number of H-pyrrole nitrogens is 1.